The summed E-state index contributed by atoms with van der Waals surface area (Å²) in [5.74, 6) is -0.631. The standard InChI is InChI=1S/C11H7NO7S2/c13-11-6-3-1-2-5-7(20(14,15)16)4-8(21(17,18)19)10(12-11)9(5)6/h1-4H,(H,12,13)(H,14,15,16)(H,17,18,19). The number of anilines is 1. The van der Waals surface area contributed by atoms with Gasteiger partial charge in [-0.05, 0) is 12.1 Å². The molecule has 1 aliphatic rings. The quantitative estimate of drug-likeness (QED) is 0.696. The molecular formula is C11H7NO7S2. The lowest BCUT2D eigenvalue weighted by Crippen LogP contribution is -2.08. The minimum Gasteiger partial charge on any atom is -0.320 e. The smallest absolute Gasteiger partial charge is 0.296 e. The zero-order valence-corrected chi connectivity index (χ0v) is 11.7. The summed E-state index contributed by atoms with van der Waals surface area (Å²) >= 11 is 0. The van der Waals surface area contributed by atoms with Gasteiger partial charge in [0, 0.05) is 16.3 Å². The molecule has 0 radical (unpaired) electrons. The number of rotatable bonds is 2. The molecule has 0 bridgehead atoms. The molecule has 0 fully saturated rings. The van der Waals surface area contributed by atoms with Gasteiger partial charge in [0.1, 0.15) is 9.79 Å². The maximum absolute atomic E-state index is 11.8. The number of hydrogen-bond acceptors (Lipinski definition) is 5. The second kappa shape index (κ2) is 4.01. The highest BCUT2D eigenvalue weighted by Gasteiger charge is 2.32. The molecular weight excluding hydrogens is 322 g/mol. The van der Waals surface area contributed by atoms with Crippen molar-refractivity contribution in [1.82, 2.24) is 0 Å². The predicted octanol–water partition coefficient (Wildman–Crippen LogP) is 0.899. The Morgan fingerprint density at radius 3 is 2.14 bits per heavy atom. The van der Waals surface area contributed by atoms with Gasteiger partial charge in [0.15, 0.2) is 0 Å². The molecule has 3 rings (SSSR count). The Morgan fingerprint density at radius 1 is 0.952 bits per heavy atom. The summed E-state index contributed by atoms with van der Waals surface area (Å²) < 4.78 is 64.1. The van der Waals surface area contributed by atoms with E-state index in [1.54, 1.807) is 0 Å². The average Bonchev–Trinajstić information content (AvgIpc) is 2.66. The van der Waals surface area contributed by atoms with E-state index in [2.05, 4.69) is 5.32 Å². The summed E-state index contributed by atoms with van der Waals surface area (Å²) in [6.07, 6.45) is 0. The fourth-order valence-corrected chi connectivity index (χ4v) is 3.80. The van der Waals surface area contributed by atoms with Crippen molar-refractivity contribution in [2.45, 2.75) is 9.79 Å². The van der Waals surface area contributed by atoms with Crippen LogP contribution in [0.5, 0.6) is 0 Å². The van der Waals surface area contributed by atoms with Crippen molar-refractivity contribution in [3.63, 3.8) is 0 Å². The van der Waals surface area contributed by atoms with Crippen molar-refractivity contribution in [2.75, 3.05) is 5.32 Å². The molecule has 10 heteroatoms. The van der Waals surface area contributed by atoms with E-state index in [0.717, 1.165) is 0 Å². The van der Waals surface area contributed by atoms with Crippen LogP contribution in [0.1, 0.15) is 10.4 Å². The van der Waals surface area contributed by atoms with E-state index in [0.29, 0.717) is 6.07 Å². The number of nitrogens with one attached hydrogen (secondary N) is 1. The van der Waals surface area contributed by atoms with Gasteiger partial charge in [-0.3, -0.25) is 13.9 Å². The molecule has 8 nitrogen and oxygen atoms in total. The molecule has 1 aliphatic heterocycles. The number of carbonyl (C=O) groups excluding carboxylic acids is 1. The van der Waals surface area contributed by atoms with E-state index < -0.39 is 35.9 Å². The lowest BCUT2D eigenvalue weighted by atomic mass is 10.1. The minimum atomic E-state index is -4.80. The molecule has 0 spiro atoms. The number of carbonyl (C=O) groups is 1. The molecule has 1 amide bonds. The van der Waals surface area contributed by atoms with Crippen molar-refractivity contribution in [1.29, 1.82) is 0 Å². The van der Waals surface area contributed by atoms with E-state index in [-0.39, 0.29) is 22.0 Å². The Balaban J connectivity index is 2.64. The monoisotopic (exact) mass is 329 g/mol. The topological polar surface area (TPSA) is 138 Å². The first-order valence-corrected chi connectivity index (χ1v) is 8.35. The molecule has 21 heavy (non-hydrogen) atoms. The first kappa shape index (κ1) is 13.9. The van der Waals surface area contributed by atoms with Gasteiger partial charge in [-0.15, -0.1) is 0 Å². The Labute approximate surface area is 118 Å². The van der Waals surface area contributed by atoms with Gasteiger partial charge in [0.2, 0.25) is 0 Å². The van der Waals surface area contributed by atoms with Crippen LogP contribution in [0.25, 0.3) is 10.8 Å². The molecule has 3 N–H and O–H groups in total. The molecule has 110 valence electrons. The maximum atomic E-state index is 11.8. The highest BCUT2D eigenvalue weighted by molar-refractivity contribution is 7.87. The number of amides is 1. The minimum absolute atomic E-state index is 0.0178. The van der Waals surface area contributed by atoms with E-state index in [9.17, 15) is 30.7 Å². The fourth-order valence-electron chi connectivity index (χ4n) is 2.33. The lowest BCUT2D eigenvalue weighted by Gasteiger charge is -2.09. The van der Waals surface area contributed by atoms with Gasteiger partial charge in [-0.2, -0.15) is 16.8 Å². The maximum Gasteiger partial charge on any atom is 0.296 e. The van der Waals surface area contributed by atoms with E-state index in [4.69, 9.17) is 0 Å². The summed E-state index contributed by atoms with van der Waals surface area (Å²) in [4.78, 5) is 10.3. The van der Waals surface area contributed by atoms with Crippen molar-refractivity contribution in [3.8, 4) is 0 Å². The van der Waals surface area contributed by atoms with Crippen LogP contribution >= 0.6 is 0 Å². The second-order valence-electron chi connectivity index (χ2n) is 4.38. The van der Waals surface area contributed by atoms with E-state index in [1.165, 1.54) is 18.2 Å². The van der Waals surface area contributed by atoms with Crippen molar-refractivity contribution in [2.24, 2.45) is 0 Å². The van der Waals surface area contributed by atoms with Crippen LogP contribution in [0, 0.1) is 0 Å². The zero-order valence-electron chi connectivity index (χ0n) is 10.1. The van der Waals surface area contributed by atoms with Crippen LogP contribution in [0.15, 0.2) is 34.1 Å². The first-order valence-electron chi connectivity index (χ1n) is 5.47. The summed E-state index contributed by atoms with van der Waals surface area (Å²) in [5.41, 5.74) is -0.154. The van der Waals surface area contributed by atoms with Gasteiger partial charge in [0.25, 0.3) is 26.1 Å². The summed E-state index contributed by atoms with van der Waals surface area (Å²) in [6, 6.07) is 4.70. The van der Waals surface area contributed by atoms with Gasteiger partial charge in [0.05, 0.1) is 5.69 Å². The zero-order chi connectivity index (χ0) is 15.6. The molecule has 0 aromatic heterocycles. The normalized spacial score (nSPS) is 14.5. The number of hydrogen-bond donors (Lipinski definition) is 3. The van der Waals surface area contributed by atoms with Crippen LogP contribution in [0.3, 0.4) is 0 Å². The van der Waals surface area contributed by atoms with E-state index in [1.807, 2.05) is 0 Å². The van der Waals surface area contributed by atoms with Crippen LogP contribution in [-0.4, -0.2) is 31.8 Å². The molecule has 0 aliphatic carbocycles. The largest absolute Gasteiger partial charge is 0.320 e. The van der Waals surface area contributed by atoms with Crippen LogP contribution < -0.4 is 5.32 Å². The second-order valence-corrected chi connectivity index (χ2v) is 7.16. The molecule has 0 saturated carbocycles. The Kier molecular flexibility index (Phi) is 2.66. The summed E-state index contributed by atoms with van der Waals surface area (Å²) in [7, 11) is -9.55. The predicted molar refractivity (Wildman–Crippen MR) is 71.5 cm³/mol. The van der Waals surface area contributed by atoms with Crippen LogP contribution in [-0.2, 0) is 20.2 Å². The highest BCUT2D eigenvalue weighted by atomic mass is 32.2. The molecule has 1 heterocycles. The Bertz CT molecular complexity index is 1020. The van der Waals surface area contributed by atoms with Crippen molar-refractivity contribution < 1.29 is 30.7 Å². The average molecular weight is 329 g/mol. The lowest BCUT2D eigenvalue weighted by molar-refractivity contribution is 0.103. The van der Waals surface area contributed by atoms with Gasteiger partial charge in [-0.1, -0.05) is 12.1 Å². The Hall–Kier alpha value is -2.01. The SMILES string of the molecule is O=C1Nc2c(S(=O)(=O)O)cc(S(=O)(=O)O)c3cccc1c23. The Morgan fingerprint density at radius 2 is 1.57 bits per heavy atom. The third kappa shape index (κ3) is 2.00. The molecule has 0 atom stereocenters. The van der Waals surface area contributed by atoms with Gasteiger partial charge in [-0.25, -0.2) is 0 Å². The summed E-state index contributed by atoms with van der Waals surface area (Å²) in [6.45, 7) is 0. The van der Waals surface area contributed by atoms with Crippen LogP contribution in [0.2, 0.25) is 0 Å². The number of benzene rings is 2. The fraction of sp³-hybridized carbons (Fsp3) is 0. The van der Waals surface area contributed by atoms with E-state index >= 15 is 0 Å². The van der Waals surface area contributed by atoms with Crippen molar-refractivity contribution >= 4 is 42.6 Å². The first-order chi connectivity index (χ1) is 9.60. The molecule has 2 aromatic carbocycles. The highest BCUT2D eigenvalue weighted by Crippen LogP contribution is 2.41. The third-order valence-corrected chi connectivity index (χ3v) is 4.90. The van der Waals surface area contributed by atoms with Gasteiger partial charge >= 0.3 is 0 Å². The summed E-state index contributed by atoms with van der Waals surface area (Å²) in [5, 5.41) is 2.27. The van der Waals surface area contributed by atoms with Gasteiger partial charge < -0.3 is 5.32 Å². The third-order valence-electron chi connectivity index (χ3n) is 3.13. The van der Waals surface area contributed by atoms with Crippen LogP contribution in [0.4, 0.5) is 5.69 Å². The molecule has 2 aromatic rings. The molecule has 0 unspecified atom stereocenters. The molecule has 0 saturated heterocycles. The van der Waals surface area contributed by atoms with Crippen molar-refractivity contribution in [3.05, 3.63) is 29.8 Å².